The van der Waals surface area contributed by atoms with Crippen LogP contribution < -0.4 is 5.32 Å². The van der Waals surface area contributed by atoms with Gasteiger partial charge in [-0.05, 0) is 43.0 Å². The molecule has 6 nitrogen and oxygen atoms in total. The van der Waals surface area contributed by atoms with Crippen LogP contribution in [-0.4, -0.2) is 27.6 Å². The number of aryl methyl sites for hydroxylation is 1. The lowest BCUT2D eigenvalue weighted by Gasteiger charge is -2.22. The zero-order chi connectivity index (χ0) is 19.5. The second kappa shape index (κ2) is 7.80. The highest BCUT2D eigenvalue weighted by atomic mass is 19.1. The number of halogens is 1. The van der Waals surface area contributed by atoms with E-state index in [2.05, 4.69) is 15.5 Å². The molecule has 4 rings (SSSR count). The zero-order valence-electron chi connectivity index (χ0n) is 15.6. The topological polar surface area (TPSA) is 71.3 Å². The average molecular weight is 380 g/mol. The van der Waals surface area contributed by atoms with Crippen LogP contribution >= 0.6 is 0 Å². The highest BCUT2D eigenvalue weighted by molar-refractivity contribution is 5.75. The first-order chi connectivity index (χ1) is 13.6. The molecule has 1 saturated heterocycles. The number of nitrogens with one attached hydrogen (secondary N) is 1. The molecular weight excluding hydrogens is 359 g/mol. The van der Waals surface area contributed by atoms with E-state index in [-0.39, 0.29) is 17.9 Å². The summed E-state index contributed by atoms with van der Waals surface area (Å²) < 4.78 is 18.5. The van der Waals surface area contributed by atoms with Gasteiger partial charge in [0.05, 0.1) is 0 Å². The smallest absolute Gasteiger partial charge is 0.318 e. The molecule has 7 heteroatoms. The van der Waals surface area contributed by atoms with E-state index < -0.39 is 0 Å². The van der Waals surface area contributed by atoms with Crippen molar-refractivity contribution in [2.75, 3.05) is 6.54 Å². The van der Waals surface area contributed by atoms with Crippen molar-refractivity contribution >= 4 is 6.03 Å². The van der Waals surface area contributed by atoms with E-state index in [9.17, 15) is 9.18 Å². The van der Waals surface area contributed by atoms with E-state index in [1.165, 1.54) is 12.1 Å². The minimum Gasteiger partial charge on any atom is -0.337 e. The molecule has 1 aliphatic heterocycles. The Bertz CT molecular complexity index is 971. The molecule has 1 N–H and O–H groups in total. The van der Waals surface area contributed by atoms with Gasteiger partial charge in [0.25, 0.3) is 0 Å². The van der Waals surface area contributed by atoms with Gasteiger partial charge in [0, 0.05) is 18.7 Å². The first kappa shape index (κ1) is 18.2. The lowest BCUT2D eigenvalue weighted by Crippen LogP contribution is -2.39. The van der Waals surface area contributed by atoms with E-state index >= 15 is 0 Å². The summed E-state index contributed by atoms with van der Waals surface area (Å²) in [6, 6.07) is 13.5. The molecule has 3 aromatic rings. The number of amides is 2. The number of carbonyl (C=O) groups is 1. The molecule has 1 aromatic heterocycles. The Labute approximate surface area is 162 Å². The summed E-state index contributed by atoms with van der Waals surface area (Å²) in [4.78, 5) is 18.9. The molecule has 1 atom stereocenters. The Balaban J connectivity index is 1.45. The van der Waals surface area contributed by atoms with Gasteiger partial charge in [0.2, 0.25) is 11.7 Å². The van der Waals surface area contributed by atoms with Crippen molar-refractivity contribution in [3.63, 3.8) is 0 Å². The van der Waals surface area contributed by atoms with Gasteiger partial charge in [-0.3, -0.25) is 0 Å². The molecule has 1 aliphatic rings. The number of benzene rings is 2. The maximum absolute atomic E-state index is 13.0. The van der Waals surface area contributed by atoms with E-state index in [1.54, 1.807) is 17.0 Å². The minimum absolute atomic E-state index is 0.192. The Morgan fingerprint density at radius 2 is 2.04 bits per heavy atom. The van der Waals surface area contributed by atoms with Crippen molar-refractivity contribution in [2.24, 2.45) is 0 Å². The van der Waals surface area contributed by atoms with Crippen LogP contribution in [0, 0.1) is 12.7 Å². The summed E-state index contributed by atoms with van der Waals surface area (Å²) >= 11 is 0. The Morgan fingerprint density at radius 1 is 1.25 bits per heavy atom. The quantitative estimate of drug-likeness (QED) is 0.735. The number of rotatable bonds is 4. The third-order valence-corrected chi connectivity index (χ3v) is 4.98. The summed E-state index contributed by atoms with van der Waals surface area (Å²) in [6.45, 7) is 2.96. The standard InChI is InChI=1S/C21H21FN4O2/c1-14-5-2-3-6-17(14)19-24-20(28-25-19)18-7-4-12-26(18)21(27)23-13-15-8-10-16(22)11-9-15/h2-3,5-6,8-11,18H,4,7,12-13H2,1H3,(H,23,27)/t18-/m0/s1. The molecule has 0 radical (unpaired) electrons. The second-order valence-electron chi connectivity index (χ2n) is 6.91. The molecule has 0 bridgehead atoms. The summed E-state index contributed by atoms with van der Waals surface area (Å²) in [5.74, 6) is 0.690. The first-order valence-electron chi connectivity index (χ1n) is 9.30. The SMILES string of the molecule is Cc1ccccc1-c1noc([C@@H]2CCCN2C(=O)NCc2ccc(F)cc2)n1. The van der Waals surface area contributed by atoms with E-state index in [4.69, 9.17) is 4.52 Å². The minimum atomic E-state index is -0.296. The second-order valence-corrected chi connectivity index (χ2v) is 6.91. The van der Waals surface area contributed by atoms with E-state index in [1.807, 2.05) is 31.2 Å². The lowest BCUT2D eigenvalue weighted by atomic mass is 10.1. The van der Waals surface area contributed by atoms with Crippen LogP contribution in [0.15, 0.2) is 53.1 Å². The average Bonchev–Trinajstić information content (AvgIpc) is 3.37. The Morgan fingerprint density at radius 3 is 2.82 bits per heavy atom. The fraction of sp³-hybridized carbons (Fsp3) is 0.286. The molecule has 2 heterocycles. The van der Waals surface area contributed by atoms with Crippen LogP contribution in [0.1, 0.15) is 35.9 Å². The molecule has 0 aliphatic carbocycles. The maximum Gasteiger partial charge on any atom is 0.318 e. The van der Waals surface area contributed by atoms with Crippen molar-refractivity contribution in [1.29, 1.82) is 0 Å². The van der Waals surface area contributed by atoms with Crippen LogP contribution in [0.25, 0.3) is 11.4 Å². The van der Waals surface area contributed by atoms with E-state index in [0.29, 0.717) is 24.8 Å². The molecule has 0 unspecified atom stereocenters. The maximum atomic E-state index is 13.0. The normalized spacial score (nSPS) is 16.4. The van der Waals surface area contributed by atoms with Crippen molar-refractivity contribution in [3.8, 4) is 11.4 Å². The predicted molar refractivity (Wildman–Crippen MR) is 102 cm³/mol. The summed E-state index contributed by atoms with van der Waals surface area (Å²) in [6.07, 6.45) is 1.65. The molecule has 0 spiro atoms. The third-order valence-electron chi connectivity index (χ3n) is 4.98. The van der Waals surface area contributed by atoms with Crippen molar-refractivity contribution < 1.29 is 13.7 Å². The van der Waals surface area contributed by atoms with Crippen molar-refractivity contribution in [3.05, 3.63) is 71.4 Å². The number of nitrogens with zero attached hydrogens (tertiary/aromatic N) is 3. The van der Waals surface area contributed by atoms with Crippen LogP contribution in [0.5, 0.6) is 0 Å². The van der Waals surface area contributed by atoms with Gasteiger partial charge in [-0.1, -0.05) is 41.6 Å². The van der Waals surface area contributed by atoms with Gasteiger partial charge in [-0.15, -0.1) is 0 Å². The van der Waals surface area contributed by atoms with Crippen molar-refractivity contribution in [1.82, 2.24) is 20.4 Å². The van der Waals surface area contributed by atoms with Gasteiger partial charge in [-0.25, -0.2) is 9.18 Å². The Kier molecular flexibility index (Phi) is 5.06. The number of urea groups is 1. The van der Waals surface area contributed by atoms with Gasteiger partial charge in [0.1, 0.15) is 11.9 Å². The molecule has 2 aromatic carbocycles. The number of carbonyl (C=O) groups excluding carboxylic acids is 1. The molecule has 0 saturated carbocycles. The molecule has 2 amide bonds. The van der Waals surface area contributed by atoms with Crippen LogP contribution in [0.2, 0.25) is 0 Å². The Hall–Kier alpha value is -3.22. The molecule has 144 valence electrons. The van der Waals surface area contributed by atoms with Gasteiger partial charge < -0.3 is 14.7 Å². The van der Waals surface area contributed by atoms with Crippen LogP contribution in [0.3, 0.4) is 0 Å². The number of likely N-dealkylation sites (tertiary alicyclic amines) is 1. The van der Waals surface area contributed by atoms with Crippen molar-refractivity contribution in [2.45, 2.75) is 32.4 Å². The molecule has 1 fully saturated rings. The zero-order valence-corrected chi connectivity index (χ0v) is 15.6. The lowest BCUT2D eigenvalue weighted by molar-refractivity contribution is 0.180. The summed E-state index contributed by atoms with van der Waals surface area (Å²) in [7, 11) is 0. The van der Waals surface area contributed by atoms with Crippen LogP contribution in [0.4, 0.5) is 9.18 Å². The monoisotopic (exact) mass is 380 g/mol. The number of aromatic nitrogens is 2. The number of hydrogen-bond acceptors (Lipinski definition) is 4. The largest absolute Gasteiger partial charge is 0.337 e. The fourth-order valence-electron chi connectivity index (χ4n) is 3.45. The highest BCUT2D eigenvalue weighted by Gasteiger charge is 2.34. The number of hydrogen-bond donors (Lipinski definition) is 1. The summed E-state index contributed by atoms with van der Waals surface area (Å²) in [5, 5.41) is 6.99. The fourth-order valence-corrected chi connectivity index (χ4v) is 3.45. The molecular formula is C21H21FN4O2. The van der Waals surface area contributed by atoms with Gasteiger partial charge in [0.15, 0.2) is 0 Å². The van der Waals surface area contributed by atoms with Gasteiger partial charge in [-0.2, -0.15) is 4.98 Å². The molecule has 28 heavy (non-hydrogen) atoms. The van der Waals surface area contributed by atoms with E-state index in [0.717, 1.165) is 29.5 Å². The summed E-state index contributed by atoms with van der Waals surface area (Å²) in [5.41, 5.74) is 2.82. The van der Waals surface area contributed by atoms with Gasteiger partial charge >= 0.3 is 6.03 Å². The third kappa shape index (κ3) is 3.74. The van der Waals surface area contributed by atoms with Crippen LogP contribution in [-0.2, 0) is 6.54 Å². The first-order valence-corrected chi connectivity index (χ1v) is 9.30. The highest BCUT2D eigenvalue weighted by Crippen LogP contribution is 2.32. The predicted octanol–water partition coefficient (Wildman–Crippen LogP) is 4.23.